The normalized spacial score (nSPS) is 12.5. The Morgan fingerprint density at radius 2 is 1.91 bits per heavy atom. The van der Waals surface area contributed by atoms with Gasteiger partial charge in [0.25, 0.3) is 0 Å². The molecule has 0 aromatic heterocycles. The first kappa shape index (κ1) is 8.06. The van der Waals surface area contributed by atoms with Crippen molar-refractivity contribution in [2.45, 2.75) is 12.7 Å². The topological polar surface area (TPSA) is 17.1 Å². The summed E-state index contributed by atoms with van der Waals surface area (Å²) in [5.74, 6) is -0.476. The molecule has 0 aliphatic heterocycles. The zero-order valence-electron chi connectivity index (χ0n) is 6.45. The zero-order chi connectivity index (χ0) is 8.27. The second-order valence-electron chi connectivity index (χ2n) is 2.57. The molecular formula is C9H9BO. The van der Waals surface area contributed by atoms with Crippen molar-refractivity contribution in [2.24, 2.45) is 0 Å². The van der Waals surface area contributed by atoms with Crippen molar-refractivity contribution in [2.75, 3.05) is 0 Å². The van der Waals surface area contributed by atoms with Crippen LogP contribution in [0.25, 0.3) is 0 Å². The van der Waals surface area contributed by atoms with Crippen LogP contribution in [0.3, 0.4) is 0 Å². The largest absolute Gasteiger partial charge is 0.304 e. The predicted octanol–water partition coefficient (Wildman–Crippen LogP) is 1.40. The molecule has 0 fully saturated rings. The molecule has 2 heteroatoms. The van der Waals surface area contributed by atoms with E-state index < -0.39 is 5.82 Å². The first-order valence-corrected chi connectivity index (χ1v) is 3.51. The second-order valence-corrected chi connectivity index (χ2v) is 2.57. The van der Waals surface area contributed by atoms with Crippen LogP contribution in [0.2, 0.25) is 0 Å². The van der Waals surface area contributed by atoms with E-state index in [1.807, 2.05) is 31.2 Å². The maximum Gasteiger partial charge on any atom is 0.118 e. The number of carbonyl (C=O) groups excluding carboxylic acids is 1. The van der Waals surface area contributed by atoms with Crippen molar-refractivity contribution >= 4 is 14.1 Å². The summed E-state index contributed by atoms with van der Waals surface area (Å²) in [6.07, 6.45) is 0.741. The van der Waals surface area contributed by atoms with E-state index >= 15 is 0 Å². The average Bonchev–Trinajstić information content (AvgIpc) is 2.05. The van der Waals surface area contributed by atoms with E-state index in [9.17, 15) is 4.79 Å². The van der Waals surface area contributed by atoms with Gasteiger partial charge in [0.05, 0.1) is 7.85 Å². The molecular weight excluding hydrogens is 135 g/mol. The van der Waals surface area contributed by atoms with E-state index in [1.165, 1.54) is 5.56 Å². The molecule has 1 aromatic rings. The van der Waals surface area contributed by atoms with Crippen molar-refractivity contribution < 1.29 is 4.79 Å². The third kappa shape index (κ3) is 1.94. The van der Waals surface area contributed by atoms with Crippen LogP contribution in [0, 0.1) is 6.92 Å². The summed E-state index contributed by atoms with van der Waals surface area (Å²) in [7, 11) is 5.48. The van der Waals surface area contributed by atoms with Crippen molar-refractivity contribution in [3.05, 3.63) is 35.4 Å². The Hall–Kier alpha value is -1.05. The van der Waals surface area contributed by atoms with Crippen LogP contribution >= 0.6 is 0 Å². The van der Waals surface area contributed by atoms with Crippen LogP contribution in [0.5, 0.6) is 0 Å². The Kier molecular flexibility index (Phi) is 2.47. The fourth-order valence-electron chi connectivity index (χ4n) is 0.867. The Labute approximate surface area is 67.8 Å². The Morgan fingerprint density at radius 1 is 1.36 bits per heavy atom. The molecule has 2 radical (unpaired) electrons. The average molecular weight is 144 g/mol. The summed E-state index contributed by atoms with van der Waals surface area (Å²) in [5, 5.41) is 0. The van der Waals surface area contributed by atoms with Crippen molar-refractivity contribution in [3.63, 3.8) is 0 Å². The fourth-order valence-corrected chi connectivity index (χ4v) is 0.867. The van der Waals surface area contributed by atoms with Gasteiger partial charge in [-0.2, -0.15) is 0 Å². The van der Waals surface area contributed by atoms with Gasteiger partial charge in [0.1, 0.15) is 6.29 Å². The maximum absolute atomic E-state index is 10.3. The highest BCUT2D eigenvalue weighted by atomic mass is 16.1. The quantitative estimate of drug-likeness (QED) is 0.452. The fraction of sp³-hybridized carbons (Fsp3) is 0.222. The minimum absolute atomic E-state index is 0.476. The van der Waals surface area contributed by atoms with Crippen molar-refractivity contribution in [1.29, 1.82) is 0 Å². The summed E-state index contributed by atoms with van der Waals surface area (Å²) in [4.78, 5) is 10.3. The van der Waals surface area contributed by atoms with Gasteiger partial charge in [-0.1, -0.05) is 29.8 Å². The molecule has 54 valence electrons. The molecule has 1 unspecified atom stereocenters. The first-order chi connectivity index (χ1) is 5.24. The molecule has 0 aliphatic carbocycles. The van der Waals surface area contributed by atoms with Crippen LogP contribution in [0.1, 0.15) is 16.9 Å². The van der Waals surface area contributed by atoms with Gasteiger partial charge in [-0.15, -0.1) is 0 Å². The standard InChI is InChI=1S/C9H9BO/c1-7-2-4-8(5-3-7)9(10)6-11/h2-6,9H,1H3. The monoisotopic (exact) mass is 144 g/mol. The number of hydrogen-bond donors (Lipinski definition) is 0. The van der Waals surface area contributed by atoms with E-state index in [4.69, 9.17) is 7.85 Å². The summed E-state index contributed by atoms with van der Waals surface area (Å²) < 4.78 is 0. The highest BCUT2D eigenvalue weighted by molar-refractivity contribution is 6.20. The molecule has 0 saturated heterocycles. The molecule has 0 bridgehead atoms. The van der Waals surface area contributed by atoms with Gasteiger partial charge < -0.3 is 4.79 Å². The maximum atomic E-state index is 10.3. The smallest absolute Gasteiger partial charge is 0.118 e. The molecule has 0 aliphatic rings. The summed E-state index contributed by atoms with van der Waals surface area (Å²) in [5.41, 5.74) is 2.04. The van der Waals surface area contributed by atoms with Gasteiger partial charge in [-0.25, -0.2) is 0 Å². The Balaban J connectivity index is 2.89. The minimum atomic E-state index is -0.476. The molecule has 0 amide bonds. The van der Waals surface area contributed by atoms with Crippen LogP contribution < -0.4 is 0 Å². The van der Waals surface area contributed by atoms with Crippen LogP contribution in [-0.4, -0.2) is 14.1 Å². The Bertz CT molecular complexity index is 240. The minimum Gasteiger partial charge on any atom is -0.304 e. The number of hydrogen-bond acceptors (Lipinski definition) is 1. The number of rotatable bonds is 2. The molecule has 0 saturated carbocycles. The van der Waals surface area contributed by atoms with E-state index in [-0.39, 0.29) is 0 Å². The molecule has 1 rings (SSSR count). The molecule has 0 spiro atoms. The van der Waals surface area contributed by atoms with Crippen molar-refractivity contribution in [3.8, 4) is 0 Å². The second kappa shape index (κ2) is 3.38. The highest BCUT2D eigenvalue weighted by Gasteiger charge is 2.00. The van der Waals surface area contributed by atoms with Gasteiger partial charge in [-0.05, 0) is 12.5 Å². The molecule has 11 heavy (non-hydrogen) atoms. The lowest BCUT2D eigenvalue weighted by molar-refractivity contribution is -0.107. The van der Waals surface area contributed by atoms with Crippen LogP contribution in [0.4, 0.5) is 0 Å². The predicted molar refractivity (Wildman–Crippen MR) is 45.7 cm³/mol. The van der Waals surface area contributed by atoms with E-state index in [0.717, 1.165) is 11.8 Å². The van der Waals surface area contributed by atoms with Gasteiger partial charge in [0.15, 0.2) is 0 Å². The summed E-state index contributed by atoms with van der Waals surface area (Å²) >= 11 is 0. The number of aldehydes is 1. The molecule has 1 aromatic carbocycles. The van der Waals surface area contributed by atoms with Gasteiger partial charge in [0, 0.05) is 5.82 Å². The number of benzene rings is 1. The molecule has 0 heterocycles. The number of aryl methyl sites for hydroxylation is 1. The lowest BCUT2D eigenvalue weighted by Crippen LogP contribution is -1.98. The SMILES string of the molecule is [B]C(C=O)c1ccc(C)cc1. The zero-order valence-corrected chi connectivity index (χ0v) is 6.45. The first-order valence-electron chi connectivity index (χ1n) is 3.51. The summed E-state index contributed by atoms with van der Waals surface area (Å²) in [6, 6.07) is 7.63. The highest BCUT2D eigenvalue weighted by Crippen LogP contribution is 2.10. The third-order valence-electron chi connectivity index (χ3n) is 1.61. The Morgan fingerprint density at radius 3 is 2.36 bits per heavy atom. The van der Waals surface area contributed by atoms with Crippen LogP contribution in [0.15, 0.2) is 24.3 Å². The van der Waals surface area contributed by atoms with Crippen molar-refractivity contribution in [1.82, 2.24) is 0 Å². The van der Waals surface area contributed by atoms with Gasteiger partial charge in [-0.3, -0.25) is 0 Å². The third-order valence-corrected chi connectivity index (χ3v) is 1.61. The van der Waals surface area contributed by atoms with E-state index in [1.54, 1.807) is 0 Å². The lowest BCUT2D eigenvalue weighted by atomic mass is 9.82. The van der Waals surface area contributed by atoms with E-state index in [0.29, 0.717) is 0 Å². The molecule has 1 atom stereocenters. The van der Waals surface area contributed by atoms with Crippen LogP contribution in [-0.2, 0) is 4.79 Å². The lowest BCUT2D eigenvalue weighted by Gasteiger charge is -2.03. The van der Waals surface area contributed by atoms with E-state index in [2.05, 4.69) is 0 Å². The number of carbonyl (C=O) groups is 1. The summed E-state index contributed by atoms with van der Waals surface area (Å²) in [6.45, 7) is 2.00. The van der Waals surface area contributed by atoms with Gasteiger partial charge in [0.2, 0.25) is 0 Å². The molecule has 0 N–H and O–H groups in total. The molecule has 1 nitrogen and oxygen atoms in total. The van der Waals surface area contributed by atoms with Gasteiger partial charge >= 0.3 is 0 Å².